The molecule has 0 aromatic carbocycles. The van der Waals surface area contributed by atoms with Crippen LogP contribution in [-0.2, 0) is 0 Å². The van der Waals surface area contributed by atoms with Crippen LogP contribution in [0.5, 0.6) is 0 Å². The van der Waals surface area contributed by atoms with E-state index in [-0.39, 0.29) is 17.7 Å². The molecule has 0 aromatic heterocycles. The Balaban J connectivity index is 2.77. The highest BCUT2D eigenvalue weighted by molar-refractivity contribution is 4.97. The van der Waals surface area contributed by atoms with Gasteiger partial charge in [-0.2, -0.15) is 0 Å². The van der Waals surface area contributed by atoms with Crippen molar-refractivity contribution in [2.75, 3.05) is 13.2 Å². The van der Waals surface area contributed by atoms with Crippen molar-refractivity contribution in [1.82, 2.24) is 4.90 Å². The quantitative estimate of drug-likeness (QED) is 0.648. The lowest BCUT2D eigenvalue weighted by atomic mass is 9.95. The van der Waals surface area contributed by atoms with E-state index in [0.29, 0.717) is 0 Å². The molecule has 2 nitrogen and oxygen atoms in total. The van der Waals surface area contributed by atoms with Gasteiger partial charge in [-0.25, -0.2) is 0 Å². The van der Waals surface area contributed by atoms with Gasteiger partial charge in [0.15, 0.2) is 0 Å². The van der Waals surface area contributed by atoms with E-state index < -0.39 is 0 Å². The van der Waals surface area contributed by atoms with Crippen LogP contribution in [0.4, 0.5) is 0 Å². The number of nitrogens with zero attached hydrogens (tertiary/aromatic N) is 1. The van der Waals surface area contributed by atoms with Crippen LogP contribution < -0.4 is 0 Å². The maximum atomic E-state index is 9.32. The Morgan fingerprint density at radius 2 is 2.00 bits per heavy atom. The standard InChI is InChI=1S/C10H21NO/c1-9(2,3)11-7-5-6-10(11,4)8-12/h12H,5-8H2,1-4H3/t10-/m1/s1. The second-order valence-electron chi connectivity index (χ2n) is 5.08. The van der Waals surface area contributed by atoms with Crippen molar-refractivity contribution < 1.29 is 5.11 Å². The number of hydrogen-bond donors (Lipinski definition) is 1. The van der Waals surface area contributed by atoms with E-state index in [2.05, 4.69) is 32.6 Å². The van der Waals surface area contributed by atoms with Gasteiger partial charge in [-0.1, -0.05) is 0 Å². The fourth-order valence-electron chi connectivity index (χ4n) is 2.33. The monoisotopic (exact) mass is 171 g/mol. The number of rotatable bonds is 1. The highest BCUT2D eigenvalue weighted by Crippen LogP contribution is 2.34. The van der Waals surface area contributed by atoms with Crippen molar-refractivity contribution in [3.8, 4) is 0 Å². The minimum Gasteiger partial charge on any atom is -0.394 e. The number of hydrogen-bond acceptors (Lipinski definition) is 2. The molecule has 1 fully saturated rings. The van der Waals surface area contributed by atoms with Gasteiger partial charge in [0.2, 0.25) is 0 Å². The first-order valence-corrected chi connectivity index (χ1v) is 4.79. The summed E-state index contributed by atoms with van der Waals surface area (Å²) < 4.78 is 0. The molecule has 0 aliphatic carbocycles. The minimum absolute atomic E-state index is 0.0260. The third kappa shape index (κ3) is 1.64. The van der Waals surface area contributed by atoms with Gasteiger partial charge in [0.05, 0.1) is 6.61 Å². The van der Waals surface area contributed by atoms with Crippen LogP contribution in [0.3, 0.4) is 0 Å². The van der Waals surface area contributed by atoms with Crippen LogP contribution in [0.1, 0.15) is 40.5 Å². The lowest BCUT2D eigenvalue weighted by Crippen LogP contribution is -2.53. The van der Waals surface area contributed by atoms with Gasteiger partial charge in [-0.15, -0.1) is 0 Å². The molecule has 0 spiro atoms. The first-order valence-electron chi connectivity index (χ1n) is 4.79. The fraction of sp³-hybridized carbons (Fsp3) is 1.00. The molecular weight excluding hydrogens is 150 g/mol. The zero-order chi connectivity index (χ0) is 9.41. The molecule has 12 heavy (non-hydrogen) atoms. The molecule has 0 unspecified atom stereocenters. The molecule has 1 aliphatic rings. The SMILES string of the molecule is CC(C)(C)N1CCC[C@]1(C)CO. The van der Waals surface area contributed by atoms with Crippen LogP contribution in [0, 0.1) is 0 Å². The molecule has 1 heterocycles. The Kier molecular flexibility index (Phi) is 2.50. The summed E-state index contributed by atoms with van der Waals surface area (Å²) in [5.41, 5.74) is 0.215. The van der Waals surface area contributed by atoms with E-state index in [0.717, 1.165) is 13.0 Å². The smallest absolute Gasteiger partial charge is 0.0612 e. The molecule has 0 amide bonds. The molecule has 1 N–H and O–H groups in total. The lowest BCUT2D eigenvalue weighted by molar-refractivity contribution is 0.0141. The van der Waals surface area contributed by atoms with Crippen molar-refractivity contribution in [3.05, 3.63) is 0 Å². The normalized spacial score (nSPS) is 32.8. The summed E-state index contributed by atoms with van der Waals surface area (Å²) in [6, 6.07) is 0. The molecule has 1 aliphatic heterocycles. The number of aliphatic hydroxyl groups is 1. The van der Waals surface area contributed by atoms with Gasteiger partial charge in [-0.3, -0.25) is 4.90 Å². The van der Waals surface area contributed by atoms with Crippen molar-refractivity contribution in [3.63, 3.8) is 0 Å². The predicted molar refractivity (Wildman–Crippen MR) is 51.2 cm³/mol. The Morgan fingerprint density at radius 1 is 1.42 bits per heavy atom. The Bertz CT molecular complexity index is 162. The molecule has 1 rings (SSSR count). The lowest BCUT2D eigenvalue weighted by Gasteiger charge is -2.43. The van der Waals surface area contributed by atoms with E-state index in [1.165, 1.54) is 6.42 Å². The largest absolute Gasteiger partial charge is 0.394 e. The molecule has 72 valence electrons. The first kappa shape index (κ1) is 10.0. The molecule has 0 aromatic rings. The van der Waals surface area contributed by atoms with Gasteiger partial charge in [0, 0.05) is 11.1 Å². The summed E-state index contributed by atoms with van der Waals surface area (Å²) in [7, 11) is 0. The highest BCUT2D eigenvalue weighted by atomic mass is 16.3. The molecule has 0 saturated carbocycles. The van der Waals surface area contributed by atoms with Gasteiger partial charge in [0.1, 0.15) is 0 Å². The summed E-state index contributed by atoms with van der Waals surface area (Å²) in [4.78, 5) is 2.42. The van der Waals surface area contributed by atoms with Gasteiger partial charge in [-0.05, 0) is 47.1 Å². The topological polar surface area (TPSA) is 23.5 Å². The molecular formula is C10H21NO. The highest BCUT2D eigenvalue weighted by Gasteiger charge is 2.41. The summed E-state index contributed by atoms with van der Waals surface area (Å²) >= 11 is 0. The van der Waals surface area contributed by atoms with E-state index in [9.17, 15) is 5.11 Å². The fourth-order valence-corrected chi connectivity index (χ4v) is 2.33. The Morgan fingerprint density at radius 3 is 2.33 bits per heavy atom. The van der Waals surface area contributed by atoms with Crippen molar-refractivity contribution in [2.45, 2.75) is 51.6 Å². The van der Waals surface area contributed by atoms with Crippen molar-refractivity contribution >= 4 is 0 Å². The average molecular weight is 171 g/mol. The third-order valence-electron chi connectivity index (χ3n) is 2.90. The van der Waals surface area contributed by atoms with Gasteiger partial charge >= 0.3 is 0 Å². The zero-order valence-corrected chi connectivity index (χ0v) is 8.72. The summed E-state index contributed by atoms with van der Waals surface area (Å²) in [6.45, 7) is 10.2. The van der Waals surface area contributed by atoms with E-state index >= 15 is 0 Å². The molecule has 1 atom stereocenters. The molecule has 0 bridgehead atoms. The van der Waals surface area contributed by atoms with E-state index in [1.807, 2.05) is 0 Å². The maximum absolute atomic E-state index is 9.32. The van der Waals surface area contributed by atoms with Crippen LogP contribution in [-0.4, -0.2) is 34.2 Å². The minimum atomic E-state index is 0.0260. The third-order valence-corrected chi connectivity index (χ3v) is 2.90. The molecule has 0 radical (unpaired) electrons. The summed E-state index contributed by atoms with van der Waals surface area (Å²) in [5.74, 6) is 0. The Hall–Kier alpha value is -0.0800. The summed E-state index contributed by atoms with van der Waals surface area (Å²) in [6.07, 6.45) is 2.34. The van der Waals surface area contributed by atoms with E-state index in [1.54, 1.807) is 0 Å². The second-order valence-corrected chi connectivity index (χ2v) is 5.08. The van der Waals surface area contributed by atoms with Crippen molar-refractivity contribution in [1.29, 1.82) is 0 Å². The zero-order valence-electron chi connectivity index (χ0n) is 8.72. The Labute approximate surface area is 75.6 Å². The van der Waals surface area contributed by atoms with Crippen LogP contribution >= 0.6 is 0 Å². The average Bonchev–Trinajstić information content (AvgIpc) is 2.31. The number of aliphatic hydroxyl groups excluding tert-OH is 1. The number of likely N-dealkylation sites (tertiary alicyclic amines) is 1. The second kappa shape index (κ2) is 3.00. The van der Waals surface area contributed by atoms with Crippen LogP contribution in [0.15, 0.2) is 0 Å². The summed E-state index contributed by atoms with van der Waals surface area (Å²) in [5, 5.41) is 9.32. The van der Waals surface area contributed by atoms with Gasteiger partial charge in [0.25, 0.3) is 0 Å². The molecule has 1 saturated heterocycles. The molecule has 2 heteroatoms. The predicted octanol–water partition coefficient (Wildman–Crippen LogP) is 1.63. The first-order chi connectivity index (χ1) is 5.40. The van der Waals surface area contributed by atoms with Crippen molar-refractivity contribution in [2.24, 2.45) is 0 Å². The van der Waals surface area contributed by atoms with E-state index in [4.69, 9.17) is 0 Å². The van der Waals surface area contributed by atoms with Gasteiger partial charge < -0.3 is 5.11 Å². The maximum Gasteiger partial charge on any atom is 0.0612 e. The van der Waals surface area contributed by atoms with Crippen LogP contribution in [0.2, 0.25) is 0 Å². The van der Waals surface area contributed by atoms with Crippen LogP contribution in [0.25, 0.3) is 0 Å².